The molecule has 0 unspecified atom stereocenters. The number of Topliss-reactive ketones (excluding diaryl/α,β-unsaturated/α-hetero) is 1. The lowest BCUT2D eigenvalue weighted by Gasteiger charge is -2.30. The van der Waals surface area contributed by atoms with E-state index in [9.17, 15) is 4.79 Å². The predicted octanol–water partition coefficient (Wildman–Crippen LogP) is 1.97. The number of nitrogens with zero attached hydrogens (tertiary/aromatic N) is 4. The van der Waals surface area contributed by atoms with Crippen molar-refractivity contribution in [2.75, 3.05) is 11.9 Å². The quantitative estimate of drug-likeness (QED) is 0.822. The molecule has 1 heterocycles. The summed E-state index contributed by atoms with van der Waals surface area (Å²) in [5.41, 5.74) is 1.66. The maximum Gasteiger partial charge on any atom is 0.245 e. The second kappa shape index (κ2) is 4.91. The Kier molecular flexibility index (Phi) is 3.11. The highest BCUT2D eigenvalue weighted by molar-refractivity contribution is 5.79. The van der Waals surface area contributed by atoms with Crippen molar-refractivity contribution in [3.05, 3.63) is 24.3 Å². The minimum absolute atomic E-state index is 0.334. The van der Waals surface area contributed by atoms with Gasteiger partial charge in [-0.2, -0.15) is 0 Å². The van der Waals surface area contributed by atoms with Crippen molar-refractivity contribution < 1.29 is 4.79 Å². The number of carbonyl (C=O) groups excluding carboxylic acids is 1. The molecule has 1 aliphatic rings. The Morgan fingerprint density at radius 2 is 1.79 bits per heavy atom. The zero-order valence-corrected chi connectivity index (χ0v) is 10.9. The van der Waals surface area contributed by atoms with Crippen LogP contribution in [-0.4, -0.2) is 34.1 Å². The lowest BCUT2D eigenvalue weighted by Crippen LogP contribution is -2.36. The van der Waals surface area contributed by atoms with Crippen LogP contribution in [0.4, 0.5) is 5.95 Å². The van der Waals surface area contributed by atoms with Crippen LogP contribution >= 0.6 is 0 Å². The van der Waals surface area contributed by atoms with E-state index in [0.717, 1.165) is 23.9 Å². The molecule has 5 heteroatoms. The topological polar surface area (TPSA) is 59.0 Å². The molecule has 1 aromatic heterocycles. The molecule has 0 aliphatic heterocycles. The molecule has 0 radical (unpaired) electrons. The third-order valence-corrected chi connectivity index (χ3v) is 3.73. The minimum atomic E-state index is 0.334. The maximum absolute atomic E-state index is 11.3. The maximum atomic E-state index is 11.3. The molecule has 0 amide bonds. The number of ketones is 1. The summed E-state index contributed by atoms with van der Waals surface area (Å²) in [5.74, 6) is 1.00. The van der Waals surface area contributed by atoms with Gasteiger partial charge in [0.25, 0.3) is 0 Å². The van der Waals surface area contributed by atoms with Crippen LogP contribution in [0.2, 0.25) is 0 Å². The van der Waals surface area contributed by atoms with E-state index in [1.165, 1.54) is 0 Å². The molecule has 0 saturated heterocycles. The van der Waals surface area contributed by atoms with Crippen molar-refractivity contribution in [3.63, 3.8) is 0 Å². The summed E-state index contributed by atoms with van der Waals surface area (Å²) in [6, 6.07) is 8.04. The van der Waals surface area contributed by atoms with Crippen LogP contribution in [0, 0.1) is 0 Å². The van der Waals surface area contributed by atoms with E-state index >= 15 is 0 Å². The number of benzene rings is 1. The summed E-state index contributed by atoms with van der Waals surface area (Å²) in [4.78, 5) is 17.9. The molecular weight excluding hydrogens is 240 g/mol. The molecule has 1 fully saturated rings. The van der Waals surface area contributed by atoms with Gasteiger partial charge < -0.3 is 4.90 Å². The minimum Gasteiger partial charge on any atom is -0.340 e. The average molecular weight is 256 g/mol. The zero-order chi connectivity index (χ0) is 13.2. The Hall–Kier alpha value is -2.04. The van der Waals surface area contributed by atoms with E-state index in [-0.39, 0.29) is 0 Å². The van der Waals surface area contributed by atoms with Gasteiger partial charge in [0.1, 0.15) is 11.3 Å². The number of anilines is 1. The standard InChI is InChI=1S/C14H16N4O/c1-18(10-6-8-11(19)9-7-10)14-15-12-4-2-3-5-13(12)16-17-14/h2-5,10H,6-9H2,1H3. The van der Waals surface area contributed by atoms with Crippen LogP contribution < -0.4 is 4.90 Å². The van der Waals surface area contributed by atoms with Crippen LogP contribution in [0.5, 0.6) is 0 Å². The highest BCUT2D eigenvalue weighted by Crippen LogP contribution is 2.22. The normalized spacial score (nSPS) is 16.8. The van der Waals surface area contributed by atoms with Crippen LogP contribution in [0.1, 0.15) is 25.7 Å². The van der Waals surface area contributed by atoms with Crippen LogP contribution in [0.3, 0.4) is 0 Å². The molecule has 0 bridgehead atoms. The second-order valence-corrected chi connectivity index (χ2v) is 4.98. The van der Waals surface area contributed by atoms with E-state index in [2.05, 4.69) is 15.2 Å². The summed E-state index contributed by atoms with van der Waals surface area (Å²) >= 11 is 0. The van der Waals surface area contributed by atoms with Gasteiger partial charge >= 0.3 is 0 Å². The Balaban J connectivity index is 1.84. The van der Waals surface area contributed by atoms with Gasteiger partial charge in [0.2, 0.25) is 5.95 Å². The molecule has 0 spiro atoms. The average Bonchev–Trinajstić information content (AvgIpc) is 2.47. The van der Waals surface area contributed by atoms with Crippen molar-refractivity contribution in [2.45, 2.75) is 31.7 Å². The van der Waals surface area contributed by atoms with Gasteiger partial charge in [-0.05, 0) is 25.0 Å². The molecule has 5 nitrogen and oxygen atoms in total. The molecule has 3 rings (SSSR count). The van der Waals surface area contributed by atoms with E-state index in [1.807, 2.05) is 36.2 Å². The molecule has 1 aliphatic carbocycles. The fraction of sp³-hybridized carbons (Fsp3) is 0.429. The van der Waals surface area contributed by atoms with Gasteiger partial charge in [0.15, 0.2) is 0 Å². The third kappa shape index (κ3) is 2.41. The monoisotopic (exact) mass is 256 g/mol. The van der Waals surface area contributed by atoms with Crippen molar-refractivity contribution in [2.24, 2.45) is 0 Å². The first-order chi connectivity index (χ1) is 9.24. The van der Waals surface area contributed by atoms with E-state index in [1.54, 1.807) is 0 Å². The second-order valence-electron chi connectivity index (χ2n) is 4.98. The van der Waals surface area contributed by atoms with Crippen molar-refractivity contribution in [1.82, 2.24) is 15.2 Å². The number of aromatic nitrogens is 3. The van der Waals surface area contributed by atoms with Crippen LogP contribution in [-0.2, 0) is 4.79 Å². The molecule has 2 aromatic rings. The van der Waals surface area contributed by atoms with Gasteiger partial charge in [-0.1, -0.05) is 12.1 Å². The van der Waals surface area contributed by atoms with Gasteiger partial charge in [-0.15, -0.1) is 10.2 Å². The van der Waals surface area contributed by atoms with E-state index in [4.69, 9.17) is 0 Å². The predicted molar refractivity (Wildman–Crippen MR) is 73.0 cm³/mol. The third-order valence-electron chi connectivity index (χ3n) is 3.73. The fourth-order valence-electron chi connectivity index (χ4n) is 2.50. The first-order valence-electron chi connectivity index (χ1n) is 6.58. The number of carbonyl (C=O) groups is 1. The molecule has 1 saturated carbocycles. The van der Waals surface area contributed by atoms with E-state index < -0.39 is 0 Å². The number of rotatable bonds is 2. The molecule has 0 N–H and O–H groups in total. The van der Waals surface area contributed by atoms with Gasteiger partial charge in [-0.3, -0.25) is 4.79 Å². The van der Waals surface area contributed by atoms with Crippen LogP contribution in [0.25, 0.3) is 11.0 Å². The van der Waals surface area contributed by atoms with Gasteiger partial charge in [0.05, 0.1) is 5.52 Å². The van der Waals surface area contributed by atoms with Gasteiger partial charge in [-0.25, -0.2) is 4.98 Å². The summed E-state index contributed by atoms with van der Waals surface area (Å²) in [6.45, 7) is 0. The molecule has 19 heavy (non-hydrogen) atoms. The zero-order valence-electron chi connectivity index (χ0n) is 10.9. The van der Waals surface area contributed by atoms with Crippen molar-refractivity contribution in [3.8, 4) is 0 Å². The van der Waals surface area contributed by atoms with Crippen LogP contribution in [0.15, 0.2) is 24.3 Å². The first kappa shape index (κ1) is 12.0. The smallest absolute Gasteiger partial charge is 0.245 e. The molecular formula is C14H16N4O. The highest BCUT2D eigenvalue weighted by Gasteiger charge is 2.24. The Labute approximate surface area is 111 Å². The lowest BCUT2D eigenvalue weighted by molar-refractivity contribution is -0.120. The largest absolute Gasteiger partial charge is 0.340 e. The fourth-order valence-corrected chi connectivity index (χ4v) is 2.50. The Bertz CT molecular complexity index is 603. The summed E-state index contributed by atoms with van der Waals surface area (Å²) in [6.07, 6.45) is 3.09. The Morgan fingerprint density at radius 1 is 1.11 bits per heavy atom. The number of fused-ring (bicyclic) bond motifs is 1. The number of hydrogen-bond donors (Lipinski definition) is 0. The Morgan fingerprint density at radius 3 is 2.53 bits per heavy atom. The molecule has 1 aromatic carbocycles. The summed E-state index contributed by atoms with van der Waals surface area (Å²) < 4.78 is 0. The van der Waals surface area contributed by atoms with Crippen molar-refractivity contribution >= 4 is 22.8 Å². The van der Waals surface area contributed by atoms with Gasteiger partial charge in [0, 0.05) is 25.9 Å². The summed E-state index contributed by atoms with van der Waals surface area (Å²) in [5, 5.41) is 8.37. The summed E-state index contributed by atoms with van der Waals surface area (Å²) in [7, 11) is 1.98. The highest BCUT2D eigenvalue weighted by atomic mass is 16.1. The molecule has 98 valence electrons. The molecule has 0 atom stereocenters. The van der Waals surface area contributed by atoms with E-state index in [0.29, 0.717) is 30.6 Å². The SMILES string of the molecule is CN(c1nnc2ccccc2n1)C1CCC(=O)CC1. The first-order valence-corrected chi connectivity index (χ1v) is 6.58. The van der Waals surface area contributed by atoms with Crippen molar-refractivity contribution in [1.29, 1.82) is 0 Å². The number of hydrogen-bond acceptors (Lipinski definition) is 5. The lowest BCUT2D eigenvalue weighted by atomic mass is 9.94. The number of para-hydroxylation sites is 1.